The molecule has 3 heteroatoms. The summed E-state index contributed by atoms with van der Waals surface area (Å²) in [6, 6.07) is 0. The fourth-order valence-corrected chi connectivity index (χ4v) is 1.94. The first-order valence-electron chi connectivity index (χ1n) is 5.03. The third-order valence-corrected chi connectivity index (χ3v) is 2.72. The zero-order valence-corrected chi connectivity index (χ0v) is 8.53. The van der Waals surface area contributed by atoms with Crippen molar-refractivity contribution < 1.29 is 14.6 Å². The molecule has 0 aromatic heterocycles. The molecule has 0 saturated heterocycles. The summed E-state index contributed by atoms with van der Waals surface area (Å²) in [5.74, 6) is 0.735. The molecule has 0 radical (unpaired) electrons. The first-order valence-corrected chi connectivity index (χ1v) is 5.03. The van der Waals surface area contributed by atoms with Gasteiger partial charge in [-0.15, -0.1) is 0 Å². The fraction of sp³-hybridized carbons (Fsp3) is 1.00. The summed E-state index contributed by atoms with van der Waals surface area (Å²) in [4.78, 5) is 0. The molecule has 0 aromatic carbocycles. The standard InChI is InChI=1S/C10H20O3/c1-8-3-4-9(13-6-5-11)10(7-8)12-2/h8-11H,3-7H2,1-2H3/t8?,9-,10-/m1/s1. The maximum Gasteiger partial charge on any atom is 0.0837 e. The number of ether oxygens (including phenoxy) is 2. The summed E-state index contributed by atoms with van der Waals surface area (Å²) in [6.45, 7) is 2.77. The highest BCUT2D eigenvalue weighted by molar-refractivity contribution is 4.79. The van der Waals surface area contributed by atoms with E-state index in [1.165, 1.54) is 6.42 Å². The van der Waals surface area contributed by atoms with Gasteiger partial charge >= 0.3 is 0 Å². The Labute approximate surface area is 80.0 Å². The second-order valence-electron chi connectivity index (χ2n) is 3.83. The second-order valence-corrected chi connectivity index (χ2v) is 3.83. The molecule has 1 fully saturated rings. The van der Waals surface area contributed by atoms with Crippen LogP contribution in [0, 0.1) is 5.92 Å². The minimum Gasteiger partial charge on any atom is -0.394 e. The number of rotatable bonds is 4. The smallest absolute Gasteiger partial charge is 0.0837 e. The average Bonchev–Trinajstić information content (AvgIpc) is 2.16. The Kier molecular flexibility index (Phi) is 4.70. The van der Waals surface area contributed by atoms with Crippen LogP contribution in [0.1, 0.15) is 26.2 Å². The highest BCUT2D eigenvalue weighted by atomic mass is 16.5. The first-order chi connectivity index (χ1) is 6.27. The van der Waals surface area contributed by atoms with Crippen LogP contribution < -0.4 is 0 Å². The van der Waals surface area contributed by atoms with Crippen molar-refractivity contribution in [2.75, 3.05) is 20.3 Å². The minimum atomic E-state index is 0.0997. The summed E-state index contributed by atoms with van der Waals surface area (Å²) < 4.78 is 10.9. The van der Waals surface area contributed by atoms with Crippen LogP contribution in [0.3, 0.4) is 0 Å². The zero-order chi connectivity index (χ0) is 9.68. The van der Waals surface area contributed by atoms with E-state index in [2.05, 4.69) is 6.92 Å². The molecular weight excluding hydrogens is 168 g/mol. The number of methoxy groups -OCH3 is 1. The van der Waals surface area contributed by atoms with Crippen LogP contribution in [0.5, 0.6) is 0 Å². The van der Waals surface area contributed by atoms with E-state index in [0.717, 1.165) is 18.8 Å². The van der Waals surface area contributed by atoms with Gasteiger partial charge in [0.2, 0.25) is 0 Å². The molecular formula is C10H20O3. The summed E-state index contributed by atoms with van der Waals surface area (Å²) in [5.41, 5.74) is 0. The molecule has 78 valence electrons. The fourth-order valence-electron chi connectivity index (χ4n) is 1.94. The Hall–Kier alpha value is -0.120. The first kappa shape index (κ1) is 11.0. The molecule has 1 aliphatic rings. The molecule has 1 N–H and O–H groups in total. The molecule has 1 rings (SSSR count). The monoisotopic (exact) mass is 188 g/mol. The molecule has 1 saturated carbocycles. The van der Waals surface area contributed by atoms with Crippen LogP contribution in [0.25, 0.3) is 0 Å². The van der Waals surface area contributed by atoms with Gasteiger partial charge in [-0.3, -0.25) is 0 Å². The van der Waals surface area contributed by atoms with Crippen molar-refractivity contribution in [1.29, 1.82) is 0 Å². The molecule has 0 aliphatic heterocycles. The molecule has 0 amide bonds. The third kappa shape index (κ3) is 3.25. The molecule has 3 atom stereocenters. The van der Waals surface area contributed by atoms with Crippen LogP contribution in [0.15, 0.2) is 0 Å². The van der Waals surface area contributed by atoms with Gasteiger partial charge in [-0.05, 0) is 25.2 Å². The van der Waals surface area contributed by atoms with Gasteiger partial charge in [-0.2, -0.15) is 0 Å². The Bertz CT molecular complexity index is 136. The van der Waals surface area contributed by atoms with Gasteiger partial charge in [0.05, 0.1) is 25.4 Å². The quantitative estimate of drug-likeness (QED) is 0.720. The van der Waals surface area contributed by atoms with Crippen LogP contribution in [-0.2, 0) is 9.47 Å². The van der Waals surface area contributed by atoms with E-state index in [4.69, 9.17) is 14.6 Å². The van der Waals surface area contributed by atoms with Crippen LogP contribution in [0.4, 0.5) is 0 Å². The molecule has 0 bridgehead atoms. The van der Waals surface area contributed by atoms with Crippen molar-refractivity contribution in [3.8, 4) is 0 Å². The zero-order valence-electron chi connectivity index (χ0n) is 8.53. The minimum absolute atomic E-state index is 0.0997. The van der Waals surface area contributed by atoms with Gasteiger partial charge in [0.15, 0.2) is 0 Å². The van der Waals surface area contributed by atoms with Crippen molar-refractivity contribution >= 4 is 0 Å². The van der Waals surface area contributed by atoms with Gasteiger partial charge in [0, 0.05) is 7.11 Å². The predicted octanol–water partition coefficient (Wildman–Crippen LogP) is 1.20. The lowest BCUT2D eigenvalue weighted by molar-refractivity contribution is -0.0915. The van der Waals surface area contributed by atoms with Crippen molar-refractivity contribution in [1.82, 2.24) is 0 Å². The number of hydrogen-bond acceptors (Lipinski definition) is 3. The van der Waals surface area contributed by atoms with E-state index in [1.54, 1.807) is 7.11 Å². The Morgan fingerprint density at radius 1 is 1.31 bits per heavy atom. The maximum absolute atomic E-state index is 8.64. The van der Waals surface area contributed by atoms with Gasteiger partial charge in [-0.1, -0.05) is 6.92 Å². The normalized spacial score (nSPS) is 34.8. The number of aliphatic hydroxyl groups is 1. The lowest BCUT2D eigenvalue weighted by Gasteiger charge is -2.33. The Morgan fingerprint density at radius 2 is 2.08 bits per heavy atom. The molecule has 0 heterocycles. The number of aliphatic hydroxyl groups excluding tert-OH is 1. The Morgan fingerprint density at radius 3 is 2.69 bits per heavy atom. The highest BCUT2D eigenvalue weighted by Crippen LogP contribution is 2.27. The van der Waals surface area contributed by atoms with Gasteiger partial charge < -0.3 is 14.6 Å². The maximum atomic E-state index is 8.64. The molecule has 0 spiro atoms. The summed E-state index contributed by atoms with van der Waals surface area (Å²) >= 11 is 0. The topological polar surface area (TPSA) is 38.7 Å². The highest BCUT2D eigenvalue weighted by Gasteiger charge is 2.28. The lowest BCUT2D eigenvalue weighted by atomic mass is 9.86. The third-order valence-electron chi connectivity index (χ3n) is 2.72. The largest absolute Gasteiger partial charge is 0.394 e. The van der Waals surface area contributed by atoms with Crippen molar-refractivity contribution in [2.45, 2.75) is 38.4 Å². The van der Waals surface area contributed by atoms with E-state index in [1.807, 2.05) is 0 Å². The van der Waals surface area contributed by atoms with E-state index in [9.17, 15) is 0 Å². The Balaban J connectivity index is 2.33. The summed E-state index contributed by atoms with van der Waals surface area (Å²) in [6.07, 6.45) is 3.74. The molecule has 3 nitrogen and oxygen atoms in total. The molecule has 1 aliphatic carbocycles. The predicted molar refractivity (Wildman–Crippen MR) is 50.6 cm³/mol. The van der Waals surface area contributed by atoms with Gasteiger partial charge in [-0.25, -0.2) is 0 Å². The van der Waals surface area contributed by atoms with Gasteiger partial charge in [0.25, 0.3) is 0 Å². The van der Waals surface area contributed by atoms with Crippen LogP contribution in [-0.4, -0.2) is 37.6 Å². The van der Waals surface area contributed by atoms with Crippen LogP contribution in [0.2, 0.25) is 0 Å². The molecule has 13 heavy (non-hydrogen) atoms. The van der Waals surface area contributed by atoms with Crippen molar-refractivity contribution in [3.63, 3.8) is 0 Å². The van der Waals surface area contributed by atoms with Crippen molar-refractivity contribution in [2.24, 2.45) is 5.92 Å². The van der Waals surface area contributed by atoms with E-state index < -0.39 is 0 Å². The SMILES string of the molecule is CO[C@@H]1CC(C)CC[C@H]1OCCO. The van der Waals surface area contributed by atoms with E-state index >= 15 is 0 Å². The average molecular weight is 188 g/mol. The van der Waals surface area contributed by atoms with E-state index in [-0.39, 0.29) is 18.8 Å². The number of hydrogen-bond donors (Lipinski definition) is 1. The molecule has 1 unspecified atom stereocenters. The lowest BCUT2D eigenvalue weighted by Crippen LogP contribution is -2.37. The van der Waals surface area contributed by atoms with Crippen molar-refractivity contribution in [3.05, 3.63) is 0 Å². The van der Waals surface area contributed by atoms with Gasteiger partial charge in [0.1, 0.15) is 0 Å². The van der Waals surface area contributed by atoms with Crippen LogP contribution >= 0.6 is 0 Å². The second kappa shape index (κ2) is 5.58. The summed E-state index contributed by atoms with van der Waals surface area (Å²) in [5, 5.41) is 8.64. The van der Waals surface area contributed by atoms with E-state index in [0.29, 0.717) is 6.61 Å². The molecule has 0 aromatic rings. The summed E-state index contributed by atoms with van der Waals surface area (Å²) in [7, 11) is 1.73.